The number of halogens is 9. The van der Waals surface area contributed by atoms with Crippen LogP contribution in [0.5, 0.6) is 0 Å². The lowest BCUT2D eigenvalue weighted by atomic mass is 9.96. The zero-order valence-electron chi connectivity index (χ0n) is 22.9. The van der Waals surface area contributed by atoms with Crippen LogP contribution >= 0.6 is 46.4 Å². The molecule has 1 aliphatic carbocycles. The number of benzene rings is 3. The van der Waals surface area contributed by atoms with Crippen molar-refractivity contribution < 1.29 is 41.1 Å². The van der Waals surface area contributed by atoms with Crippen LogP contribution in [0.3, 0.4) is 0 Å². The van der Waals surface area contributed by atoms with Gasteiger partial charge in [-0.1, -0.05) is 35.3 Å². The SMILES string of the molecule is O=C(Cc1ccc(F)c(CC(=O)C2CCCO2)c1F)c1cc(NC(=O)[C@H]2[C@H](c3ccc(Cl)c(C(F)(F)F)c3)C2(Cl)Cl)ccc1Cl. The number of hydrogen-bond donors (Lipinski definition) is 1. The van der Waals surface area contributed by atoms with Crippen LogP contribution in [-0.4, -0.2) is 34.5 Å². The molecule has 1 aliphatic heterocycles. The molecule has 1 unspecified atom stereocenters. The van der Waals surface area contributed by atoms with E-state index in [1.165, 1.54) is 24.3 Å². The Balaban J connectivity index is 1.31. The fourth-order valence-corrected chi connectivity index (χ4v) is 6.67. The van der Waals surface area contributed by atoms with Crippen molar-refractivity contribution in [3.05, 3.63) is 98.0 Å². The minimum absolute atomic E-state index is 0.0246. The monoisotopic (exact) mass is 707 g/mol. The van der Waals surface area contributed by atoms with Gasteiger partial charge >= 0.3 is 6.18 Å². The van der Waals surface area contributed by atoms with E-state index in [9.17, 15) is 31.9 Å². The third-order valence-electron chi connectivity index (χ3n) is 7.78. The van der Waals surface area contributed by atoms with E-state index < -0.39 is 86.5 Å². The molecule has 3 aromatic carbocycles. The number of carbonyl (C=O) groups is 3. The molecule has 0 bridgehead atoms. The van der Waals surface area contributed by atoms with Crippen molar-refractivity contribution in [2.45, 2.75) is 48.2 Å². The van der Waals surface area contributed by atoms with Gasteiger partial charge in [-0.2, -0.15) is 13.2 Å². The van der Waals surface area contributed by atoms with Gasteiger partial charge in [0.1, 0.15) is 22.1 Å². The van der Waals surface area contributed by atoms with Crippen molar-refractivity contribution in [2.75, 3.05) is 11.9 Å². The van der Waals surface area contributed by atoms with Gasteiger partial charge in [-0.25, -0.2) is 8.78 Å². The fourth-order valence-electron chi connectivity index (χ4n) is 5.39. The van der Waals surface area contributed by atoms with E-state index in [1.807, 2.05) is 0 Å². The van der Waals surface area contributed by atoms with E-state index in [4.69, 9.17) is 51.1 Å². The Kier molecular flexibility index (Phi) is 9.55. The minimum atomic E-state index is -4.74. The number of hydrogen-bond acceptors (Lipinski definition) is 4. The van der Waals surface area contributed by atoms with Crippen LogP contribution < -0.4 is 5.32 Å². The number of nitrogens with one attached hydrogen (secondary N) is 1. The lowest BCUT2D eigenvalue weighted by molar-refractivity contribution is -0.137. The summed E-state index contributed by atoms with van der Waals surface area (Å²) >= 11 is 24.5. The molecule has 2 aliphatic rings. The highest BCUT2D eigenvalue weighted by atomic mass is 35.5. The standard InChI is InChI=1S/C31H22Cl4F5NO4/c32-20-7-5-16(41-29(44)27-26(30(27,34)35)14-3-6-21(33)19(10-14)31(38,39)40)12-17(20)23(42)11-15-4-8-22(36)18(28(15)37)13-24(43)25-2-1-9-45-25/h3-8,10,12,25-27H,1-2,9,11,13H2,(H,41,44)/t25?,26-,27+/m0/s1. The maximum absolute atomic E-state index is 15.3. The van der Waals surface area contributed by atoms with Gasteiger partial charge < -0.3 is 10.1 Å². The first-order valence-corrected chi connectivity index (χ1v) is 15.1. The van der Waals surface area contributed by atoms with Crippen molar-refractivity contribution >= 4 is 69.6 Å². The molecule has 1 N–H and O–H groups in total. The summed E-state index contributed by atoms with van der Waals surface area (Å²) in [7, 11) is 0. The maximum Gasteiger partial charge on any atom is 0.417 e. The molecule has 3 atom stereocenters. The van der Waals surface area contributed by atoms with E-state index >= 15 is 4.39 Å². The molecule has 0 radical (unpaired) electrons. The highest BCUT2D eigenvalue weighted by molar-refractivity contribution is 6.53. The van der Waals surface area contributed by atoms with Gasteiger partial charge in [-0.05, 0) is 60.4 Å². The number of ketones is 2. The molecule has 14 heteroatoms. The number of amides is 1. The topological polar surface area (TPSA) is 72.5 Å². The quantitative estimate of drug-likeness (QED) is 0.137. The van der Waals surface area contributed by atoms with E-state index in [-0.39, 0.29) is 27.4 Å². The van der Waals surface area contributed by atoms with Gasteiger partial charge in [0.2, 0.25) is 5.91 Å². The first-order valence-electron chi connectivity index (χ1n) is 13.6. The number of alkyl halides is 5. The summed E-state index contributed by atoms with van der Waals surface area (Å²) in [6.07, 6.45) is -5.42. The third kappa shape index (κ3) is 7.00. The molecule has 1 amide bonds. The van der Waals surface area contributed by atoms with Gasteiger partial charge in [0, 0.05) is 42.2 Å². The summed E-state index contributed by atoms with van der Waals surface area (Å²) in [6.45, 7) is 0.390. The Bertz CT molecular complexity index is 1690. The molecule has 2 fully saturated rings. The van der Waals surface area contributed by atoms with Crippen molar-refractivity contribution in [3.8, 4) is 0 Å². The largest absolute Gasteiger partial charge is 0.417 e. The van der Waals surface area contributed by atoms with Gasteiger partial charge in [-0.15, -0.1) is 23.2 Å². The smallest absolute Gasteiger partial charge is 0.370 e. The Labute approximate surface area is 273 Å². The number of anilines is 1. The van der Waals surface area contributed by atoms with Crippen molar-refractivity contribution in [3.63, 3.8) is 0 Å². The van der Waals surface area contributed by atoms with Crippen LogP contribution in [0.2, 0.25) is 10.0 Å². The average Bonchev–Trinajstić information content (AvgIpc) is 3.27. The Morgan fingerprint density at radius 1 is 0.956 bits per heavy atom. The Hall–Kier alpha value is -2.76. The second kappa shape index (κ2) is 12.8. The predicted molar refractivity (Wildman–Crippen MR) is 159 cm³/mol. The van der Waals surface area contributed by atoms with Crippen molar-refractivity contribution in [2.24, 2.45) is 5.92 Å². The number of Topliss-reactive ketones (excluding diaryl/α,β-unsaturated/α-hetero) is 2. The molecule has 45 heavy (non-hydrogen) atoms. The van der Waals surface area contributed by atoms with Gasteiger partial charge in [0.15, 0.2) is 11.6 Å². The van der Waals surface area contributed by atoms with E-state index in [0.29, 0.717) is 19.4 Å². The Morgan fingerprint density at radius 2 is 1.67 bits per heavy atom. The zero-order valence-corrected chi connectivity index (χ0v) is 25.9. The van der Waals surface area contributed by atoms with Crippen LogP contribution in [0.1, 0.15) is 51.4 Å². The number of rotatable bonds is 9. The molecule has 238 valence electrons. The third-order valence-corrected chi connectivity index (χ3v) is 9.38. The fraction of sp³-hybridized carbons (Fsp3) is 0.323. The van der Waals surface area contributed by atoms with Gasteiger partial charge in [0.25, 0.3) is 0 Å². The molecule has 5 rings (SSSR count). The lowest BCUT2D eigenvalue weighted by Crippen LogP contribution is -2.23. The van der Waals surface area contributed by atoms with E-state index in [1.54, 1.807) is 0 Å². The summed E-state index contributed by atoms with van der Waals surface area (Å²) < 4.78 is 73.4. The molecule has 3 aromatic rings. The van der Waals surface area contributed by atoms with Crippen molar-refractivity contribution in [1.29, 1.82) is 0 Å². The van der Waals surface area contributed by atoms with Crippen LogP contribution in [-0.2, 0) is 33.3 Å². The molecule has 0 aromatic heterocycles. The molecule has 1 saturated carbocycles. The highest BCUT2D eigenvalue weighted by Crippen LogP contribution is 2.65. The van der Waals surface area contributed by atoms with Crippen LogP contribution in [0.15, 0.2) is 48.5 Å². The molecule has 5 nitrogen and oxygen atoms in total. The van der Waals surface area contributed by atoms with Gasteiger partial charge in [0.05, 0.1) is 21.5 Å². The van der Waals surface area contributed by atoms with E-state index in [2.05, 4.69) is 5.32 Å². The number of ether oxygens (including phenoxy) is 1. The summed E-state index contributed by atoms with van der Waals surface area (Å²) in [4.78, 5) is 38.8. The maximum atomic E-state index is 15.3. The second-order valence-electron chi connectivity index (χ2n) is 10.8. The first kappa shape index (κ1) is 33.6. The van der Waals surface area contributed by atoms with Crippen LogP contribution in [0, 0.1) is 17.6 Å². The predicted octanol–water partition coefficient (Wildman–Crippen LogP) is 8.53. The summed E-state index contributed by atoms with van der Waals surface area (Å²) in [5.41, 5.74) is -1.70. The number of carbonyl (C=O) groups excluding carboxylic acids is 3. The van der Waals surface area contributed by atoms with Crippen LogP contribution in [0.25, 0.3) is 0 Å². The normalized spacial score (nSPS) is 20.6. The van der Waals surface area contributed by atoms with Crippen molar-refractivity contribution in [1.82, 2.24) is 0 Å². The van der Waals surface area contributed by atoms with E-state index in [0.717, 1.165) is 24.3 Å². The summed E-state index contributed by atoms with van der Waals surface area (Å²) in [5, 5.41) is 1.99. The second-order valence-corrected chi connectivity index (χ2v) is 13.1. The Morgan fingerprint density at radius 3 is 2.33 bits per heavy atom. The first-order chi connectivity index (χ1) is 21.1. The lowest BCUT2D eigenvalue weighted by Gasteiger charge is -2.13. The zero-order chi connectivity index (χ0) is 32.8. The molecular weight excluding hydrogens is 687 g/mol. The van der Waals surface area contributed by atoms with Gasteiger partial charge in [-0.3, -0.25) is 14.4 Å². The molecule has 1 heterocycles. The average molecular weight is 709 g/mol. The molecular formula is C31H22Cl4F5NO4. The molecule has 1 saturated heterocycles. The highest BCUT2D eigenvalue weighted by Gasteiger charge is 2.67. The summed E-state index contributed by atoms with van der Waals surface area (Å²) in [6, 6.07) is 9.11. The summed E-state index contributed by atoms with van der Waals surface area (Å²) in [5.74, 6) is -5.98. The van der Waals surface area contributed by atoms with Crippen LogP contribution in [0.4, 0.5) is 27.6 Å². The molecule has 0 spiro atoms. The minimum Gasteiger partial charge on any atom is -0.370 e.